The summed E-state index contributed by atoms with van der Waals surface area (Å²) in [6, 6.07) is 4.67. The Hall–Kier alpha value is -2.00. The molecule has 2 N–H and O–H groups in total. The minimum atomic E-state index is -0.695. The Morgan fingerprint density at radius 2 is 2.09 bits per heavy atom. The van der Waals surface area contributed by atoms with Gasteiger partial charge in [-0.3, -0.25) is 14.4 Å². The molecule has 0 aromatic heterocycles. The lowest BCUT2D eigenvalue weighted by Gasteiger charge is -2.34. The summed E-state index contributed by atoms with van der Waals surface area (Å²) in [6.07, 6.45) is -0.288. The second-order valence-corrected chi connectivity index (χ2v) is 5.02. The number of imide groups is 1. The Morgan fingerprint density at radius 1 is 1.32 bits per heavy atom. The van der Waals surface area contributed by atoms with E-state index in [0.29, 0.717) is 43.0 Å². The maximum Gasteiger partial charge on any atom is 0.263 e. The number of nitrogens with zero attached hydrogens (tertiary/aromatic N) is 2. The Labute approximate surface area is 127 Å². The van der Waals surface area contributed by atoms with E-state index in [1.165, 1.54) is 11.3 Å². The molecule has 3 rings (SSSR count). The van der Waals surface area contributed by atoms with Crippen molar-refractivity contribution in [2.24, 2.45) is 0 Å². The molecule has 2 heterocycles. The number of rotatable bonds is 4. The largest absolute Gasteiger partial charge is 0.399 e. The standard InChI is InChI=1S/C14H17N3O5/c1-20-7-5-16-21-6-4-12(22-16)17-13(18)10-3-2-9(15)8-11(10)14(17)19/h2-3,8,12H,4-7,15H2,1H3. The topological polar surface area (TPSA) is 94.3 Å². The van der Waals surface area contributed by atoms with Gasteiger partial charge in [0, 0.05) is 19.2 Å². The van der Waals surface area contributed by atoms with Gasteiger partial charge in [-0.15, -0.1) is 0 Å². The summed E-state index contributed by atoms with van der Waals surface area (Å²) in [5.74, 6) is -0.774. The quantitative estimate of drug-likeness (QED) is 0.636. The molecule has 1 aromatic rings. The Kier molecular flexibility index (Phi) is 4.08. The van der Waals surface area contributed by atoms with Gasteiger partial charge in [0.25, 0.3) is 11.8 Å². The van der Waals surface area contributed by atoms with Gasteiger partial charge in [-0.2, -0.15) is 0 Å². The molecule has 8 heteroatoms. The molecule has 1 saturated heterocycles. The van der Waals surface area contributed by atoms with Gasteiger partial charge in [0.2, 0.25) is 0 Å². The van der Waals surface area contributed by atoms with E-state index in [0.717, 1.165) is 4.90 Å². The van der Waals surface area contributed by atoms with Crippen LogP contribution in [-0.2, 0) is 14.4 Å². The predicted molar refractivity (Wildman–Crippen MR) is 75.4 cm³/mol. The molecule has 1 unspecified atom stereocenters. The Balaban J connectivity index is 1.78. The van der Waals surface area contributed by atoms with Gasteiger partial charge in [-0.05, 0) is 18.2 Å². The maximum absolute atomic E-state index is 12.5. The Morgan fingerprint density at radius 3 is 2.86 bits per heavy atom. The van der Waals surface area contributed by atoms with E-state index in [2.05, 4.69) is 0 Å². The molecule has 0 bridgehead atoms. The van der Waals surface area contributed by atoms with Gasteiger partial charge in [0.05, 0.1) is 30.9 Å². The second kappa shape index (κ2) is 6.01. The van der Waals surface area contributed by atoms with E-state index in [4.69, 9.17) is 20.1 Å². The zero-order valence-corrected chi connectivity index (χ0v) is 12.2. The number of amides is 2. The molecular formula is C14H17N3O5. The van der Waals surface area contributed by atoms with Crippen molar-refractivity contribution in [2.45, 2.75) is 12.6 Å². The van der Waals surface area contributed by atoms with E-state index < -0.39 is 12.1 Å². The Bertz CT molecular complexity index is 606. The number of carbonyl (C=O) groups is 2. The van der Waals surface area contributed by atoms with Gasteiger partial charge in [0.1, 0.15) is 0 Å². The van der Waals surface area contributed by atoms with E-state index in [1.54, 1.807) is 19.2 Å². The highest BCUT2D eigenvalue weighted by Crippen LogP contribution is 2.29. The van der Waals surface area contributed by atoms with Crippen LogP contribution in [0.2, 0.25) is 0 Å². The minimum absolute atomic E-state index is 0.309. The summed E-state index contributed by atoms with van der Waals surface area (Å²) in [6.45, 7) is 1.14. The number of nitrogens with two attached hydrogens (primary N) is 1. The van der Waals surface area contributed by atoms with Gasteiger partial charge < -0.3 is 10.5 Å². The zero-order chi connectivity index (χ0) is 15.7. The van der Waals surface area contributed by atoms with Crippen LogP contribution in [0.25, 0.3) is 0 Å². The van der Waals surface area contributed by atoms with Crippen molar-refractivity contribution < 1.29 is 24.0 Å². The molecule has 1 fully saturated rings. The van der Waals surface area contributed by atoms with Crippen molar-refractivity contribution in [1.29, 1.82) is 0 Å². The summed E-state index contributed by atoms with van der Waals surface area (Å²) in [7, 11) is 1.57. The highest BCUT2D eigenvalue weighted by Gasteiger charge is 2.42. The minimum Gasteiger partial charge on any atom is -0.399 e. The maximum atomic E-state index is 12.5. The average Bonchev–Trinajstić information content (AvgIpc) is 2.76. The van der Waals surface area contributed by atoms with Crippen LogP contribution in [0.4, 0.5) is 5.69 Å². The monoisotopic (exact) mass is 307 g/mol. The van der Waals surface area contributed by atoms with Gasteiger partial charge in [-0.25, -0.2) is 9.74 Å². The molecule has 2 amide bonds. The average molecular weight is 307 g/mol. The van der Waals surface area contributed by atoms with Crippen molar-refractivity contribution in [1.82, 2.24) is 10.1 Å². The summed E-state index contributed by atoms with van der Waals surface area (Å²) in [4.78, 5) is 36.9. The van der Waals surface area contributed by atoms with Crippen LogP contribution >= 0.6 is 0 Å². The van der Waals surface area contributed by atoms with Gasteiger partial charge >= 0.3 is 0 Å². The third-order valence-corrected chi connectivity index (χ3v) is 3.55. The van der Waals surface area contributed by atoms with E-state index >= 15 is 0 Å². The first-order valence-electron chi connectivity index (χ1n) is 6.95. The van der Waals surface area contributed by atoms with Crippen LogP contribution in [-0.4, -0.2) is 55.0 Å². The first-order chi connectivity index (χ1) is 10.6. The molecule has 8 nitrogen and oxygen atoms in total. The number of methoxy groups -OCH3 is 1. The zero-order valence-electron chi connectivity index (χ0n) is 12.2. The lowest BCUT2D eigenvalue weighted by atomic mass is 10.1. The van der Waals surface area contributed by atoms with Crippen molar-refractivity contribution in [2.75, 3.05) is 32.6 Å². The highest BCUT2D eigenvalue weighted by atomic mass is 17.0. The fourth-order valence-corrected chi connectivity index (χ4v) is 2.47. The first kappa shape index (κ1) is 14.9. The molecule has 1 aromatic carbocycles. The molecule has 118 valence electrons. The second-order valence-electron chi connectivity index (χ2n) is 5.02. The smallest absolute Gasteiger partial charge is 0.263 e. The number of ether oxygens (including phenoxy) is 1. The SMILES string of the molecule is COCCN1OCCC(N2C(=O)c3ccc(N)cc3C2=O)O1. The van der Waals surface area contributed by atoms with Crippen LogP contribution in [0.1, 0.15) is 27.1 Å². The van der Waals surface area contributed by atoms with Crippen LogP contribution in [0.15, 0.2) is 18.2 Å². The number of carbonyl (C=O) groups excluding carboxylic acids is 2. The molecule has 0 spiro atoms. The molecular weight excluding hydrogens is 290 g/mol. The summed E-state index contributed by atoms with van der Waals surface area (Å²) in [5.41, 5.74) is 6.78. The number of anilines is 1. The molecule has 2 aliphatic rings. The summed E-state index contributed by atoms with van der Waals surface area (Å²) >= 11 is 0. The van der Waals surface area contributed by atoms with Gasteiger partial charge in [0.15, 0.2) is 6.23 Å². The van der Waals surface area contributed by atoms with E-state index in [9.17, 15) is 9.59 Å². The fourth-order valence-electron chi connectivity index (χ4n) is 2.47. The predicted octanol–water partition coefficient (Wildman–Crippen LogP) is 0.406. The number of nitrogen functional groups attached to an aromatic ring is 1. The van der Waals surface area contributed by atoms with Crippen molar-refractivity contribution in [3.05, 3.63) is 29.3 Å². The van der Waals surface area contributed by atoms with Crippen LogP contribution in [0.3, 0.4) is 0 Å². The summed E-state index contributed by atoms with van der Waals surface area (Å²) < 4.78 is 4.95. The lowest BCUT2D eigenvalue weighted by Crippen LogP contribution is -2.49. The van der Waals surface area contributed by atoms with E-state index in [-0.39, 0.29) is 5.91 Å². The van der Waals surface area contributed by atoms with Crippen LogP contribution in [0, 0.1) is 0 Å². The fraction of sp³-hybridized carbons (Fsp3) is 0.429. The first-order valence-corrected chi connectivity index (χ1v) is 6.95. The third kappa shape index (κ3) is 2.57. The van der Waals surface area contributed by atoms with Crippen molar-refractivity contribution in [3.8, 4) is 0 Å². The molecule has 0 radical (unpaired) electrons. The third-order valence-electron chi connectivity index (χ3n) is 3.55. The number of hydrogen-bond acceptors (Lipinski definition) is 7. The number of fused-ring (bicyclic) bond motifs is 1. The lowest BCUT2D eigenvalue weighted by molar-refractivity contribution is -0.425. The van der Waals surface area contributed by atoms with Gasteiger partial charge in [-0.1, -0.05) is 5.23 Å². The molecule has 0 saturated carbocycles. The number of hydrogen-bond donors (Lipinski definition) is 1. The van der Waals surface area contributed by atoms with E-state index in [1.807, 2.05) is 0 Å². The normalized spacial score (nSPS) is 22.2. The molecule has 1 atom stereocenters. The van der Waals surface area contributed by atoms with Crippen LogP contribution < -0.4 is 5.73 Å². The molecule has 22 heavy (non-hydrogen) atoms. The molecule has 0 aliphatic carbocycles. The molecule has 2 aliphatic heterocycles. The number of benzene rings is 1. The summed E-state index contributed by atoms with van der Waals surface area (Å²) in [5, 5.41) is 1.25. The van der Waals surface area contributed by atoms with Crippen molar-refractivity contribution >= 4 is 17.5 Å². The van der Waals surface area contributed by atoms with Crippen molar-refractivity contribution in [3.63, 3.8) is 0 Å². The number of hydroxylamine groups is 2. The van der Waals surface area contributed by atoms with Crippen LogP contribution in [0.5, 0.6) is 0 Å². The highest BCUT2D eigenvalue weighted by molar-refractivity contribution is 6.21.